The molecule has 4 heteroatoms. The van der Waals surface area contributed by atoms with E-state index in [0.717, 1.165) is 76.5 Å². The highest BCUT2D eigenvalue weighted by Gasteiger charge is 2.20. The van der Waals surface area contributed by atoms with Crippen molar-refractivity contribution in [3.05, 3.63) is 156 Å². The van der Waals surface area contributed by atoms with E-state index in [1.165, 1.54) is 0 Å². The highest BCUT2D eigenvalue weighted by molar-refractivity contribution is 6.13. The molecule has 0 aliphatic heterocycles. The molecule has 0 bridgehead atoms. The van der Waals surface area contributed by atoms with Gasteiger partial charge in [-0.1, -0.05) is 121 Å². The monoisotopic (exact) mass is 676 g/mol. The molecule has 0 unspecified atom stereocenters. The number of aromatic hydroxyl groups is 2. The van der Waals surface area contributed by atoms with Crippen LogP contribution in [0.2, 0.25) is 0 Å². The lowest BCUT2D eigenvalue weighted by Gasteiger charge is -2.18. The van der Waals surface area contributed by atoms with Gasteiger partial charge in [-0.3, -0.25) is 9.98 Å². The number of nitrogens with zero attached hydrogens (tertiary/aromatic N) is 2. The molecule has 52 heavy (non-hydrogen) atoms. The molecule has 0 aliphatic rings. The lowest BCUT2D eigenvalue weighted by atomic mass is 9.88. The Hall–Kier alpha value is -6.26. The van der Waals surface area contributed by atoms with E-state index in [4.69, 9.17) is 9.98 Å². The predicted molar refractivity (Wildman–Crippen MR) is 221 cm³/mol. The van der Waals surface area contributed by atoms with E-state index in [1.54, 1.807) is 12.4 Å². The van der Waals surface area contributed by atoms with Crippen LogP contribution in [-0.2, 0) is 0 Å². The molecular weight excluding hydrogens is 637 g/mol. The van der Waals surface area contributed by atoms with Crippen LogP contribution in [0, 0.1) is 13.8 Å². The lowest BCUT2D eigenvalue weighted by Crippen LogP contribution is -2.16. The van der Waals surface area contributed by atoms with Crippen LogP contribution in [0.15, 0.2) is 143 Å². The minimum atomic E-state index is -0.202. The first-order valence-corrected chi connectivity index (χ1v) is 17.8. The molecule has 0 radical (unpaired) electrons. The van der Waals surface area contributed by atoms with Crippen molar-refractivity contribution in [2.75, 3.05) is 0 Å². The number of phenols is 2. The first-order chi connectivity index (χ1) is 25.3. The van der Waals surface area contributed by atoms with Crippen molar-refractivity contribution in [2.24, 2.45) is 9.98 Å². The van der Waals surface area contributed by atoms with E-state index in [-0.39, 0.29) is 23.6 Å². The van der Waals surface area contributed by atoms with Crippen molar-refractivity contribution in [3.8, 4) is 33.8 Å². The van der Waals surface area contributed by atoms with Crippen molar-refractivity contribution in [1.29, 1.82) is 0 Å². The Kier molecular flexibility index (Phi) is 8.52. The summed E-state index contributed by atoms with van der Waals surface area (Å²) in [5, 5.41) is 32.3. The van der Waals surface area contributed by atoms with Gasteiger partial charge in [0.1, 0.15) is 11.5 Å². The Balaban J connectivity index is 1.16. The van der Waals surface area contributed by atoms with Crippen molar-refractivity contribution in [1.82, 2.24) is 0 Å². The van der Waals surface area contributed by atoms with Crippen LogP contribution >= 0.6 is 0 Å². The highest BCUT2D eigenvalue weighted by atomic mass is 16.3. The van der Waals surface area contributed by atoms with Crippen molar-refractivity contribution < 1.29 is 10.2 Å². The number of aryl methyl sites for hydroxylation is 2. The van der Waals surface area contributed by atoms with Gasteiger partial charge in [-0.25, -0.2) is 0 Å². The molecule has 2 N–H and O–H groups in total. The number of rotatable bonds is 7. The van der Waals surface area contributed by atoms with Crippen LogP contribution in [0.25, 0.3) is 65.3 Å². The molecule has 0 heterocycles. The molecule has 254 valence electrons. The van der Waals surface area contributed by atoms with Crippen molar-refractivity contribution >= 4 is 55.5 Å². The number of phenolic OH excluding ortho intramolecular Hbond substituents is 2. The minimum Gasteiger partial charge on any atom is -0.507 e. The van der Waals surface area contributed by atoms with E-state index in [2.05, 4.69) is 86.6 Å². The summed E-state index contributed by atoms with van der Waals surface area (Å²) >= 11 is 0. The van der Waals surface area contributed by atoms with Gasteiger partial charge in [0.2, 0.25) is 0 Å². The molecule has 2 atom stereocenters. The van der Waals surface area contributed by atoms with Crippen LogP contribution < -0.4 is 0 Å². The number of benzene rings is 8. The molecule has 8 rings (SSSR count). The number of aliphatic imine (C=N–C) groups is 2. The number of fused-ring (bicyclic) bond motifs is 4. The lowest BCUT2D eigenvalue weighted by molar-refractivity contribution is 0.476. The third-order valence-corrected chi connectivity index (χ3v) is 10.5. The summed E-state index contributed by atoms with van der Waals surface area (Å²) in [5.74, 6) is 0.421. The zero-order valence-corrected chi connectivity index (χ0v) is 29.8. The van der Waals surface area contributed by atoms with E-state index in [0.29, 0.717) is 11.1 Å². The molecule has 0 amide bonds. The first kappa shape index (κ1) is 32.9. The third-order valence-electron chi connectivity index (χ3n) is 10.5. The van der Waals surface area contributed by atoms with Gasteiger partial charge in [-0.05, 0) is 105 Å². The maximum atomic E-state index is 11.9. The molecule has 4 nitrogen and oxygen atoms in total. The average Bonchev–Trinajstić information content (AvgIpc) is 3.17. The zero-order chi connectivity index (χ0) is 35.9. The van der Waals surface area contributed by atoms with Gasteiger partial charge in [0, 0.05) is 34.7 Å². The maximum absolute atomic E-state index is 11.9. The van der Waals surface area contributed by atoms with Gasteiger partial charge in [0.15, 0.2) is 0 Å². The Morgan fingerprint density at radius 2 is 0.750 bits per heavy atom. The number of hydrogen-bond donors (Lipinski definition) is 2. The summed E-state index contributed by atoms with van der Waals surface area (Å²) in [6.45, 7) is 8.24. The second kappa shape index (κ2) is 13.5. The average molecular weight is 677 g/mol. The van der Waals surface area contributed by atoms with Gasteiger partial charge in [0.25, 0.3) is 0 Å². The Morgan fingerprint density at radius 1 is 0.423 bits per heavy atom. The maximum Gasteiger partial charge on any atom is 0.132 e. The van der Waals surface area contributed by atoms with Crippen LogP contribution in [0.4, 0.5) is 0 Å². The summed E-state index contributed by atoms with van der Waals surface area (Å²) in [7, 11) is 0. The van der Waals surface area contributed by atoms with E-state index < -0.39 is 0 Å². The van der Waals surface area contributed by atoms with Gasteiger partial charge in [-0.2, -0.15) is 0 Å². The quantitative estimate of drug-likeness (QED) is 0.165. The van der Waals surface area contributed by atoms with Crippen LogP contribution in [0.1, 0.15) is 36.1 Å². The molecule has 0 aromatic heterocycles. The van der Waals surface area contributed by atoms with Crippen LogP contribution in [-0.4, -0.2) is 34.7 Å². The van der Waals surface area contributed by atoms with E-state index in [9.17, 15) is 10.2 Å². The molecule has 0 saturated heterocycles. The van der Waals surface area contributed by atoms with Gasteiger partial charge < -0.3 is 10.2 Å². The molecule has 0 aliphatic carbocycles. The van der Waals surface area contributed by atoms with E-state index in [1.807, 2.05) is 74.5 Å². The molecule has 0 spiro atoms. The minimum absolute atomic E-state index is 0.202. The van der Waals surface area contributed by atoms with Crippen molar-refractivity contribution in [2.45, 2.75) is 39.8 Å². The third kappa shape index (κ3) is 5.76. The summed E-state index contributed by atoms with van der Waals surface area (Å²) in [4.78, 5) is 9.83. The second-order valence-corrected chi connectivity index (χ2v) is 13.8. The zero-order valence-electron chi connectivity index (χ0n) is 29.8. The second-order valence-electron chi connectivity index (χ2n) is 13.8. The molecule has 0 saturated carbocycles. The Bertz CT molecular complexity index is 2540. The fourth-order valence-corrected chi connectivity index (χ4v) is 7.49. The highest BCUT2D eigenvalue weighted by Crippen LogP contribution is 2.45. The first-order valence-electron chi connectivity index (χ1n) is 17.8. The summed E-state index contributed by atoms with van der Waals surface area (Å²) < 4.78 is 0. The Morgan fingerprint density at radius 3 is 1.13 bits per heavy atom. The molecular formula is C48H40N2O2. The van der Waals surface area contributed by atoms with Gasteiger partial charge in [0.05, 0.1) is 12.1 Å². The smallest absolute Gasteiger partial charge is 0.132 e. The normalized spacial score (nSPS) is 13.2. The predicted octanol–water partition coefficient (Wildman–Crippen LogP) is 12.0. The van der Waals surface area contributed by atoms with Gasteiger partial charge >= 0.3 is 0 Å². The standard InChI is InChI=1S/C48H40N2O2/c1-29-21-23-33-13-5-9-17-39(33)43(29)45-41-19-11-7-15-35(41)25-37(47(45)51)27-49-31(3)32(4)50-28-38-26-36-16-8-12-20-42(36)46(48(38)52)44-30(2)22-24-34-14-6-10-18-40(34)44/h5-28,31-32,51-52H,1-4H3/t31-,32-/m0/s1. The largest absolute Gasteiger partial charge is 0.507 e. The molecule has 8 aromatic rings. The number of hydrogen-bond acceptors (Lipinski definition) is 4. The molecule has 8 aromatic carbocycles. The molecule has 0 fully saturated rings. The SMILES string of the molecule is Cc1ccc2ccccc2c1-c1c(O)c(C=N[C@@H](C)[C@H](C)N=Cc2cc3ccccc3c(-c3c(C)ccc4ccccc34)c2O)cc2ccccc12. The fourth-order valence-electron chi connectivity index (χ4n) is 7.49. The topological polar surface area (TPSA) is 65.2 Å². The fraction of sp³-hybridized carbons (Fsp3) is 0.125. The van der Waals surface area contributed by atoms with Crippen LogP contribution in [0.3, 0.4) is 0 Å². The van der Waals surface area contributed by atoms with Crippen LogP contribution in [0.5, 0.6) is 11.5 Å². The summed E-state index contributed by atoms with van der Waals surface area (Å²) in [5.41, 5.74) is 7.20. The summed E-state index contributed by atoms with van der Waals surface area (Å²) in [6.07, 6.45) is 3.55. The summed E-state index contributed by atoms with van der Waals surface area (Å²) in [6, 6.07) is 45.1. The van der Waals surface area contributed by atoms with Crippen molar-refractivity contribution in [3.63, 3.8) is 0 Å². The van der Waals surface area contributed by atoms with Gasteiger partial charge in [-0.15, -0.1) is 0 Å². The van der Waals surface area contributed by atoms with E-state index >= 15 is 0 Å². The Labute approximate surface area is 304 Å².